The topological polar surface area (TPSA) is 49.2 Å². The molecule has 1 aromatic heterocycles. The van der Waals surface area contributed by atoms with E-state index in [0.717, 1.165) is 5.82 Å². The lowest BCUT2D eigenvalue weighted by Crippen LogP contribution is -2.14. The standard InChI is InChI=1S/C11H15N3O/c1-11(2,15)6-5-9-7-10(14(3)4)13-8-12-9/h7-8,15H,1-4H3. The van der Waals surface area contributed by atoms with Crippen LogP contribution >= 0.6 is 0 Å². The first kappa shape index (κ1) is 11.5. The molecule has 1 rings (SSSR count). The van der Waals surface area contributed by atoms with Crippen molar-refractivity contribution in [1.82, 2.24) is 9.97 Å². The van der Waals surface area contributed by atoms with Gasteiger partial charge < -0.3 is 10.0 Å². The highest BCUT2D eigenvalue weighted by atomic mass is 16.3. The van der Waals surface area contributed by atoms with Gasteiger partial charge in [0.1, 0.15) is 23.4 Å². The van der Waals surface area contributed by atoms with Crippen LogP contribution in [-0.4, -0.2) is 34.8 Å². The van der Waals surface area contributed by atoms with Crippen LogP contribution in [0.15, 0.2) is 12.4 Å². The van der Waals surface area contributed by atoms with Crippen LogP contribution in [0.25, 0.3) is 0 Å². The molecule has 0 aliphatic rings. The third kappa shape index (κ3) is 3.96. The summed E-state index contributed by atoms with van der Waals surface area (Å²) in [5, 5.41) is 9.43. The molecule has 0 aliphatic carbocycles. The summed E-state index contributed by atoms with van der Waals surface area (Å²) < 4.78 is 0. The SMILES string of the molecule is CN(C)c1cc(C#CC(C)(C)O)ncn1. The molecule has 0 aromatic carbocycles. The quantitative estimate of drug-likeness (QED) is 0.684. The predicted octanol–water partition coefficient (Wildman–Crippen LogP) is 0.665. The number of nitrogens with zero attached hydrogens (tertiary/aromatic N) is 3. The average Bonchev–Trinajstić information content (AvgIpc) is 2.14. The Labute approximate surface area is 90.0 Å². The third-order valence-corrected chi connectivity index (χ3v) is 1.61. The van der Waals surface area contributed by atoms with Crippen molar-refractivity contribution in [2.75, 3.05) is 19.0 Å². The molecule has 1 N–H and O–H groups in total. The molecule has 0 saturated carbocycles. The summed E-state index contributed by atoms with van der Waals surface area (Å²) in [4.78, 5) is 9.94. The van der Waals surface area contributed by atoms with Crippen molar-refractivity contribution >= 4 is 5.82 Å². The van der Waals surface area contributed by atoms with Gasteiger partial charge in [0.05, 0.1) is 0 Å². The molecular formula is C11H15N3O. The zero-order valence-corrected chi connectivity index (χ0v) is 9.44. The van der Waals surface area contributed by atoms with Crippen molar-refractivity contribution in [2.24, 2.45) is 0 Å². The van der Waals surface area contributed by atoms with Crippen molar-refractivity contribution in [1.29, 1.82) is 0 Å². The molecule has 0 radical (unpaired) electrons. The lowest BCUT2D eigenvalue weighted by atomic mass is 10.1. The first-order valence-electron chi connectivity index (χ1n) is 4.63. The van der Waals surface area contributed by atoms with Crippen molar-refractivity contribution in [3.05, 3.63) is 18.1 Å². The molecule has 1 heterocycles. The van der Waals surface area contributed by atoms with Gasteiger partial charge in [-0.3, -0.25) is 0 Å². The molecular weight excluding hydrogens is 190 g/mol. The zero-order valence-electron chi connectivity index (χ0n) is 9.44. The van der Waals surface area contributed by atoms with E-state index >= 15 is 0 Å². The van der Waals surface area contributed by atoms with Crippen LogP contribution in [0.1, 0.15) is 19.5 Å². The van der Waals surface area contributed by atoms with Gasteiger partial charge in [-0.15, -0.1) is 0 Å². The van der Waals surface area contributed by atoms with Gasteiger partial charge in [0.25, 0.3) is 0 Å². The highest BCUT2D eigenvalue weighted by Gasteiger charge is 2.06. The van der Waals surface area contributed by atoms with Gasteiger partial charge in [0, 0.05) is 20.2 Å². The molecule has 80 valence electrons. The molecule has 4 nitrogen and oxygen atoms in total. The fraction of sp³-hybridized carbons (Fsp3) is 0.455. The molecule has 0 unspecified atom stereocenters. The van der Waals surface area contributed by atoms with Crippen molar-refractivity contribution < 1.29 is 5.11 Å². The first-order valence-corrected chi connectivity index (χ1v) is 4.63. The Hall–Kier alpha value is -1.60. The van der Waals surface area contributed by atoms with Crippen LogP contribution in [-0.2, 0) is 0 Å². The molecule has 4 heteroatoms. The number of hydrogen-bond acceptors (Lipinski definition) is 4. The van der Waals surface area contributed by atoms with E-state index in [1.54, 1.807) is 19.9 Å². The van der Waals surface area contributed by atoms with Gasteiger partial charge in [0.2, 0.25) is 0 Å². The maximum atomic E-state index is 9.43. The van der Waals surface area contributed by atoms with Crippen LogP contribution in [0.2, 0.25) is 0 Å². The Morgan fingerprint density at radius 3 is 2.53 bits per heavy atom. The molecule has 15 heavy (non-hydrogen) atoms. The van der Waals surface area contributed by atoms with E-state index in [9.17, 15) is 5.11 Å². The van der Waals surface area contributed by atoms with E-state index in [1.807, 2.05) is 19.0 Å². The van der Waals surface area contributed by atoms with E-state index in [0.29, 0.717) is 5.69 Å². The predicted molar refractivity (Wildman–Crippen MR) is 59.5 cm³/mol. The fourth-order valence-electron chi connectivity index (χ4n) is 0.877. The highest BCUT2D eigenvalue weighted by Crippen LogP contribution is 2.06. The third-order valence-electron chi connectivity index (χ3n) is 1.61. The van der Waals surface area contributed by atoms with Gasteiger partial charge in [0.15, 0.2) is 0 Å². The number of aliphatic hydroxyl groups is 1. The van der Waals surface area contributed by atoms with E-state index in [2.05, 4.69) is 21.8 Å². The molecule has 0 saturated heterocycles. The van der Waals surface area contributed by atoms with E-state index in [1.165, 1.54) is 6.33 Å². The molecule has 0 amide bonds. The van der Waals surface area contributed by atoms with Crippen molar-refractivity contribution in [3.8, 4) is 11.8 Å². The largest absolute Gasteiger partial charge is 0.378 e. The lowest BCUT2D eigenvalue weighted by molar-refractivity contribution is 0.143. The van der Waals surface area contributed by atoms with Gasteiger partial charge in [-0.05, 0) is 19.8 Å². The minimum atomic E-state index is -0.997. The summed E-state index contributed by atoms with van der Waals surface area (Å²) in [6.45, 7) is 3.27. The molecule has 0 spiro atoms. The Balaban J connectivity index is 2.95. The number of hydrogen-bond donors (Lipinski definition) is 1. The second-order valence-electron chi connectivity index (χ2n) is 3.96. The summed E-state index contributed by atoms with van der Waals surface area (Å²) >= 11 is 0. The van der Waals surface area contributed by atoms with Gasteiger partial charge >= 0.3 is 0 Å². The van der Waals surface area contributed by atoms with Crippen molar-refractivity contribution in [3.63, 3.8) is 0 Å². The molecule has 1 aromatic rings. The van der Waals surface area contributed by atoms with Crippen LogP contribution in [0.4, 0.5) is 5.82 Å². The normalized spacial score (nSPS) is 10.5. The second-order valence-corrected chi connectivity index (χ2v) is 3.96. The molecule has 0 bridgehead atoms. The zero-order chi connectivity index (χ0) is 11.5. The summed E-state index contributed by atoms with van der Waals surface area (Å²) in [5.74, 6) is 6.30. The van der Waals surface area contributed by atoms with Gasteiger partial charge in [-0.25, -0.2) is 9.97 Å². The average molecular weight is 205 g/mol. The minimum absolute atomic E-state index is 0.607. The van der Waals surface area contributed by atoms with Gasteiger partial charge in [-0.1, -0.05) is 5.92 Å². The minimum Gasteiger partial charge on any atom is -0.378 e. The summed E-state index contributed by atoms with van der Waals surface area (Å²) in [7, 11) is 3.80. The summed E-state index contributed by atoms with van der Waals surface area (Å²) in [5.41, 5.74) is -0.390. The van der Waals surface area contributed by atoms with E-state index < -0.39 is 5.60 Å². The summed E-state index contributed by atoms with van der Waals surface area (Å²) in [6, 6.07) is 1.78. The van der Waals surface area contributed by atoms with E-state index in [4.69, 9.17) is 0 Å². The Kier molecular flexibility index (Phi) is 3.28. The second kappa shape index (κ2) is 4.28. The highest BCUT2D eigenvalue weighted by molar-refractivity contribution is 5.42. The molecule has 0 atom stereocenters. The van der Waals surface area contributed by atoms with Crippen molar-refractivity contribution in [2.45, 2.75) is 19.4 Å². The summed E-state index contributed by atoms with van der Waals surface area (Å²) in [6.07, 6.45) is 1.46. The maximum absolute atomic E-state index is 9.43. The Morgan fingerprint density at radius 1 is 1.33 bits per heavy atom. The monoisotopic (exact) mass is 205 g/mol. The van der Waals surface area contributed by atoms with E-state index in [-0.39, 0.29) is 0 Å². The Morgan fingerprint density at radius 2 is 2.00 bits per heavy atom. The Bertz CT molecular complexity index is 396. The van der Waals surface area contributed by atoms with Crippen LogP contribution < -0.4 is 4.90 Å². The number of anilines is 1. The van der Waals surface area contributed by atoms with Crippen LogP contribution in [0, 0.1) is 11.8 Å². The smallest absolute Gasteiger partial charge is 0.132 e. The van der Waals surface area contributed by atoms with Crippen LogP contribution in [0.5, 0.6) is 0 Å². The first-order chi connectivity index (χ1) is 6.88. The number of rotatable bonds is 1. The van der Waals surface area contributed by atoms with Gasteiger partial charge in [-0.2, -0.15) is 0 Å². The van der Waals surface area contributed by atoms with Crippen LogP contribution in [0.3, 0.4) is 0 Å². The lowest BCUT2D eigenvalue weighted by Gasteiger charge is -2.10. The number of aromatic nitrogens is 2. The fourth-order valence-corrected chi connectivity index (χ4v) is 0.877. The molecule has 0 aliphatic heterocycles. The maximum Gasteiger partial charge on any atom is 0.132 e. The molecule has 0 fully saturated rings.